The van der Waals surface area contributed by atoms with Crippen molar-refractivity contribution in [2.75, 3.05) is 6.54 Å². The Morgan fingerprint density at radius 3 is 2.93 bits per heavy atom. The normalized spacial score (nSPS) is 10.3. The Hall–Kier alpha value is -1.16. The van der Waals surface area contributed by atoms with E-state index in [0.29, 0.717) is 22.7 Å². The summed E-state index contributed by atoms with van der Waals surface area (Å²) in [7, 11) is 0. The highest BCUT2D eigenvalue weighted by molar-refractivity contribution is 7.71. The lowest BCUT2D eigenvalue weighted by molar-refractivity contribution is 0.0951. The number of nitrogens with one attached hydrogen (secondary N) is 2. The van der Waals surface area contributed by atoms with E-state index >= 15 is 0 Å². The van der Waals surface area contributed by atoms with Crippen molar-refractivity contribution in [2.45, 2.75) is 20.3 Å². The fourth-order valence-corrected chi connectivity index (χ4v) is 1.40. The van der Waals surface area contributed by atoms with Gasteiger partial charge in [-0.1, -0.05) is 26.1 Å². The highest BCUT2D eigenvalue weighted by Crippen LogP contribution is 2.01. The number of pyridine rings is 1. The lowest BCUT2D eigenvalue weighted by Gasteiger charge is -2.06. The number of aromatic nitrogens is 1. The van der Waals surface area contributed by atoms with Crippen LogP contribution in [0.15, 0.2) is 18.3 Å². The molecule has 0 aliphatic carbocycles. The summed E-state index contributed by atoms with van der Waals surface area (Å²) in [5, 5.41) is 2.85. The van der Waals surface area contributed by atoms with Gasteiger partial charge in [0.2, 0.25) is 0 Å². The lowest BCUT2D eigenvalue weighted by Crippen LogP contribution is -2.25. The molecular formula is C11H16N2OS. The standard InChI is InChI=1S/C11H16N2OS/c1-8(2)5-7-12-10(14)9-4-3-6-13-11(9)15/h3-4,6,8H,5,7H2,1-2H3,(H,12,14)(H,13,15). The zero-order valence-corrected chi connectivity index (χ0v) is 9.86. The van der Waals surface area contributed by atoms with Gasteiger partial charge in [-0.05, 0) is 24.5 Å². The van der Waals surface area contributed by atoms with Crippen LogP contribution in [0.2, 0.25) is 0 Å². The molecule has 1 rings (SSSR count). The summed E-state index contributed by atoms with van der Waals surface area (Å²) in [6.45, 7) is 4.95. The second-order valence-electron chi connectivity index (χ2n) is 3.85. The molecule has 0 aliphatic heterocycles. The van der Waals surface area contributed by atoms with Crippen LogP contribution in [-0.2, 0) is 0 Å². The highest BCUT2D eigenvalue weighted by atomic mass is 32.1. The number of H-pyrrole nitrogens is 1. The summed E-state index contributed by atoms with van der Waals surface area (Å²) in [6, 6.07) is 3.50. The molecule has 0 radical (unpaired) electrons. The van der Waals surface area contributed by atoms with Gasteiger partial charge in [0.25, 0.3) is 5.91 Å². The van der Waals surface area contributed by atoms with E-state index in [2.05, 4.69) is 24.1 Å². The molecule has 0 aliphatic rings. The van der Waals surface area contributed by atoms with Gasteiger partial charge >= 0.3 is 0 Å². The third-order valence-corrected chi connectivity index (χ3v) is 2.41. The van der Waals surface area contributed by atoms with E-state index in [-0.39, 0.29) is 5.91 Å². The summed E-state index contributed by atoms with van der Waals surface area (Å²) >= 11 is 5.01. The predicted molar refractivity (Wildman–Crippen MR) is 63.4 cm³/mol. The maximum Gasteiger partial charge on any atom is 0.254 e. The van der Waals surface area contributed by atoms with Crippen LogP contribution in [0, 0.1) is 10.6 Å². The first-order valence-electron chi connectivity index (χ1n) is 5.07. The van der Waals surface area contributed by atoms with Crippen LogP contribution in [0.1, 0.15) is 30.6 Å². The second kappa shape index (κ2) is 5.66. The summed E-state index contributed by atoms with van der Waals surface area (Å²) in [4.78, 5) is 14.5. The van der Waals surface area contributed by atoms with Crippen molar-refractivity contribution in [1.29, 1.82) is 0 Å². The third kappa shape index (κ3) is 3.83. The van der Waals surface area contributed by atoms with Crippen LogP contribution >= 0.6 is 12.2 Å². The number of carbonyl (C=O) groups is 1. The minimum absolute atomic E-state index is 0.0995. The van der Waals surface area contributed by atoms with Gasteiger partial charge < -0.3 is 10.3 Å². The van der Waals surface area contributed by atoms with Gasteiger partial charge in [0.15, 0.2) is 0 Å². The Bertz CT molecular complexity index is 384. The van der Waals surface area contributed by atoms with E-state index in [9.17, 15) is 4.79 Å². The number of carbonyl (C=O) groups excluding carboxylic acids is 1. The summed E-state index contributed by atoms with van der Waals surface area (Å²) in [6.07, 6.45) is 2.70. The van der Waals surface area contributed by atoms with Crippen molar-refractivity contribution >= 4 is 18.1 Å². The number of hydrogen-bond acceptors (Lipinski definition) is 2. The van der Waals surface area contributed by atoms with Crippen LogP contribution in [0.5, 0.6) is 0 Å². The zero-order chi connectivity index (χ0) is 11.3. The number of aromatic amines is 1. The fourth-order valence-electron chi connectivity index (χ4n) is 1.17. The van der Waals surface area contributed by atoms with Crippen molar-refractivity contribution in [1.82, 2.24) is 10.3 Å². The van der Waals surface area contributed by atoms with Gasteiger partial charge in [-0.2, -0.15) is 0 Å². The van der Waals surface area contributed by atoms with E-state index in [1.807, 2.05) is 0 Å². The Morgan fingerprint density at radius 1 is 1.60 bits per heavy atom. The van der Waals surface area contributed by atoms with Gasteiger partial charge in [0, 0.05) is 12.7 Å². The lowest BCUT2D eigenvalue weighted by atomic mass is 10.1. The molecule has 1 amide bonds. The minimum atomic E-state index is -0.0995. The molecule has 4 heteroatoms. The Balaban J connectivity index is 2.55. The smallest absolute Gasteiger partial charge is 0.254 e. The van der Waals surface area contributed by atoms with E-state index < -0.39 is 0 Å². The molecular weight excluding hydrogens is 208 g/mol. The molecule has 0 aromatic carbocycles. The monoisotopic (exact) mass is 224 g/mol. The van der Waals surface area contributed by atoms with E-state index in [4.69, 9.17) is 12.2 Å². The fraction of sp³-hybridized carbons (Fsp3) is 0.455. The van der Waals surface area contributed by atoms with Crippen molar-refractivity contribution in [3.05, 3.63) is 28.5 Å². The van der Waals surface area contributed by atoms with Crippen molar-refractivity contribution < 1.29 is 4.79 Å². The molecule has 2 N–H and O–H groups in total. The van der Waals surface area contributed by atoms with Crippen molar-refractivity contribution in [3.63, 3.8) is 0 Å². The number of rotatable bonds is 4. The molecule has 0 saturated carbocycles. The van der Waals surface area contributed by atoms with E-state index in [1.54, 1.807) is 18.3 Å². The third-order valence-electron chi connectivity index (χ3n) is 2.07. The Kier molecular flexibility index (Phi) is 4.49. The maximum absolute atomic E-state index is 11.6. The molecule has 0 atom stereocenters. The quantitative estimate of drug-likeness (QED) is 0.772. The van der Waals surface area contributed by atoms with Crippen LogP contribution in [0.25, 0.3) is 0 Å². The molecule has 15 heavy (non-hydrogen) atoms. The summed E-state index contributed by atoms with van der Waals surface area (Å²) in [5.74, 6) is 0.494. The SMILES string of the molecule is CC(C)CCNC(=O)c1ccc[nH]c1=S. The molecule has 0 bridgehead atoms. The largest absolute Gasteiger partial charge is 0.352 e. The highest BCUT2D eigenvalue weighted by Gasteiger charge is 2.06. The molecule has 0 fully saturated rings. The van der Waals surface area contributed by atoms with Gasteiger partial charge in [0.1, 0.15) is 4.64 Å². The summed E-state index contributed by atoms with van der Waals surface area (Å²) in [5.41, 5.74) is 0.538. The molecule has 0 saturated heterocycles. The maximum atomic E-state index is 11.6. The molecule has 0 spiro atoms. The Morgan fingerprint density at radius 2 is 2.33 bits per heavy atom. The first-order chi connectivity index (χ1) is 7.11. The average molecular weight is 224 g/mol. The molecule has 3 nitrogen and oxygen atoms in total. The average Bonchev–Trinajstić information content (AvgIpc) is 2.17. The van der Waals surface area contributed by atoms with Crippen molar-refractivity contribution in [3.8, 4) is 0 Å². The second-order valence-corrected chi connectivity index (χ2v) is 4.26. The molecule has 1 aromatic heterocycles. The predicted octanol–water partition coefficient (Wildman–Crippen LogP) is 2.52. The van der Waals surface area contributed by atoms with Crippen LogP contribution in [-0.4, -0.2) is 17.4 Å². The van der Waals surface area contributed by atoms with Crippen LogP contribution in [0.3, 0.4) is 0 Å². The minimum Gasteiger partial charge on any atom is -0.352 e. The van der Waals surface area contributed by atoms with Crippen LogP contribution in [0.4, 0.5) is 0 Å². The van der Waals surface area contributed by atoms with Gasteiger partial charge in [-0.3, -0.25) is 4.79 Å². The molecule has 1 heterocycles. The van der Waals surface area contributed by atoms with Gasteiger partial charge in [-0.15, -0.1) is 0 Å². The van der Waals surface area contributed by atoms with Gasteiger partial charge in [-0.25, -0.2) is 0 Å². The van der Waals surface area contributed by atoms with Crippen LogP contribution < -0.4 is 5.32 Å². The first-order valence-corrected chi connectivity index (χ1v) is 5.48. The molecule has 1 aromatic rings. The first kappa shape index (κ1) is 11.9. The number of amides is 1. The van der Waals surface area contributed by atoms with Crippen molar-refractivity contribution in [2.24, 2.45) is 5.92 Å². The van der Waals surface area contributed by atoms with Gasteiger partial charge in [0.05, 0.1) is 5.56 Å². The zero-order valence-electron chi connectivity index (χ0n) is 9.04. The number of hydrogen-bond donors (Lipinski definition) is 2. The molecule has 82 valence electrons. The van der Waals surface area contributed by atoms with E-state index in [1.165, 1.54) is 0 Å². The summed E-state index contributed by atoms with van der Waals surface area (Å²) < 4.78 is 0.486. The molecule has 0 unspecified atom stereocenters. The topological polar surface area (TPSA) is 44.9 Å². The Labute approximate surface area is 94.9 Å². The van der Waals surface area contributed by atoms with E-state index in [0.717, 1.165) is 6.42 Å².